The van der Waals surface area contributed by atoms with Crippen LogP contribution >= 0.6 is 0 Å². The number of amides is 2. The third kappa shape index (κ3) is 1.87. The Balaban J connectivity index is 1.95. The van der Waals surface area contributed by atoms with Crippen LogP contribution in [0.5, 0.6) is 5.75 Å². The van der Waals surface area contributed by atoms with Gasteiger partial charge < -0.3 is 5.11 Å². The zero-order valence-electron chi connectivity index (χ0n) is 10.0. The Morgan fingerprint density at radius 3 is 2.32 bits per heavy atom. The minimum absolute atomic E-state index is 0.0125. The summed E-state index contributed by atoms with van der Waals surface area (Å²) < 4.78 is 0. The second-order valence-electron chi connectivity index (χ2n) is 4.41. The zero-order chi connectivity index (χ0) is 13.4. The van der Waals surface area contributed by atoms with Gasteiger partial charge in [0.25, 0.3) is 11.8 Å². The predicted molar refractivity (Wildman–Crippen MR) is 68.8 cm³/mol. The zero-order valence-corrected chi connectivity index (χ0v) is 10.0. The lowest BCUT2D eigenvalue weighted by atomic mass is 10.1. The summed E-state index contributed by atoms with van der Waals surface area (Å²) in [6.07, 6.45) is 0. The number of hydrogen-bond donors (Lipinski definition) is 1. The van der Waals surface area contributed by atoms with Crippen molar-refractivity contribution in [3.8, 4) is 5.75 Å². The minimum atomic E-state index is -0.361. The second-order valence-corrected chi connectivity index (χ2v) is 4.41. The van der Waals surface area contributed by atoms with Crippen LogP contribution in [-0.2, 0) is 6.54 Å². The number of hydrogen-bond acceptors (Lipinski definition) is 3. The van der Waals surface area contributed by atoms with Crippen LogP contribution in [-0.4, -0.2) is 21.8 Å². The molecule has 0 radical (unpaired) electrons. The highest BCUT2D eigenvalue weighted by molar-refractivity contribution is 6.21. The van der Waals surface area contributed by atoms with E-state index in [1.165, 1.54) is 23.1 Å². The largest absolute Gasteiger partial charge is 0.508 e. The first kappa shape index (κ1) is 11.5. The van der Waals surface area contributed by atoms with E-state index in [1.807, 2.05) is 30.3 Å². The SMILES string of the molecule is O=C1c2ccc(O)cc2C(=O)N1Cc1ccccc1. The maximum Gasteiger partial charge on any atom is 0.262 e. The van der Waals surface area contributed by atoms with E-state index in [0.29, 0.717) is 5.56 Å². The molecular formula is C15H11NO3. The van der Waals surface area contributed by atoms with Crippen molar-refractivity contribution in [1.29, 1.82) is 0 Å². The third-order valence-corrected chi connectivity index (χ3v) is 3.14. The molecule has 0 unspecified atom stereocenters. The molecule has 2 aromatic carbocycles. The fourth-order valence-electron chi connectivity index (χ4n) is 2.19. The van der Waals surface area contributed by atoms with Gasteiger partial charge in [-0.2, -0.15) is 0 Å². The van der Waals surface area contributed by atoms with Crippen LogP contribution in [0.2, 0.25) is 0 Å². The van der Waals surface area contributed by atoms with Gasteiger partial charge in [0.2, 0.25) is 0 Å². The number of phenols is 1. The van der Waals surface area contributed by atoms with E-state index in [2.05, 4.69) is 0 Å². The van der Waals surface area contributed by atoms with Crippen molar-refractivity contribution < 1.29 is 14.7 Å². The van der Waals surface area contributed by atoms with Gasteiger partial charge in [-0.3, -0.25) is 14.5 Å². The molecule has 3 rings (SSSR count). The summed E-state index contributed by atoms with van der Waals surface area (Å²) in [5.41, 5.74) is 1.50. The number of nitrogens with zero attached hydrogens (tertiary/aromatic N) is 1. The van der Waals surface area contributed by atoms with Gasteiger partial charge >= 0.3 is 0 Å². The topological polar surface area (TPSA) is 57.6 Å². The van der Waals surface area contributed by atoms with Gasteiger partial charge in [0.05, 0.1) is 17.7 Å². The number of carbonyl (C=O) groups excluding carboxylic acids is 2. The standard InChI is InChI=1S/C15H11NO3/c17-11-6-7-12-13(8-11)15(19)16(14(12)18)9-10-4-2-1-3-5-10/h1-8,17H,9H2. The van der Waals surface area contributed by atoms with Crippen LogP contribution < -0.4 is 0 Å². The Bertz CT molecular complexity index is 664. The van der Waals surface area contributed by atoms with E-state index in [4.69, 9.17) is 0 Å². The van der Waals surface area contributed by atoms with Crippen LogP contribution in [0.1, 0.15) is 26.3 Å². The lowest BCUT2D eigenvalue weighted by Gasteiger charge is -2.13. The quantitative estimate of drug-likeness (QED) is 0.834. The molecular weight excluding hydrogens is 242 g/mol. The van der Waals surface area contributed by atoms with Crippen molar-refractivity contribution in [3.63, 3.8) is 0 Å². The predicted octanol–water partition coefficient (Wildman–Crippen LogP) is 2.19. The summed E-state index contributed by atoms with van der Waals surface area (Å²) in [5.74, 6) is -0.690. The highest BCUT2D eigenvalue weighted by Crippen LogP contribution is 2.27. The van der Waals surface area contributed by atoms with Crippen LogP contribution in [0.3, 0.4) is 0 Å². The van der Waals surface area contributed by atoms with Crippen LogP contribution in [0.15, 0.2) is 48.5 Å². The minimum Gasteiger partial charge on any atom is -0.508 e. The lowest BCUT2D eigenvalue weighted by Crippen LogP contribution is -2.29. The van der Waals surface area contributed by atoms with Crippen molar-refractivity contribution in [1.82, 2.24) is 4.90 Å². The van der Waals surface area contributed by atoms with E-state index in [1.54, 1.807) is 0 Å². The molecule has 0 fully saturated rings. The van der Waals surface area contributed by atoms with Gasteiger partial charge in [-0.15, -0.1) is 0 Å². The van der Waals surface area contributed by atoms with Gasteiger partial charge in [0.1, 0.15) is 5.75 Å². The van der Waals surface area contributed by atoms with Crippen molar-refractivity contribution in [2.75, 3.05) is 0 Å². The Morgan fingerprint density at radius 1 is 0.895 bits per heavy atom. The first-order valence-electron chi connectivity index (χ1n) is 5.90. The summed E-state index contributed by atoms with van der Waals surface area (Å²) in [5, 5.41) is 9.39. The van der Waals surface area contributed by atoms with Gasteiger partial charge in [-0.05, 0) is 23.8 Å². The fraction of sp³-hybridized carbons (Fsp3) is 0.0667. The Kier molecular flexibility index (Phi) is 2.56. The molecule has 2 amide bonds. The molecule has 0 atom stereocenters. The molecule has 19 heavy (non-hydrogen) atoms. The van der Waals surface area contributed by atoms with Gasteiger partial charge in [-0.25, -0.2) is 0 Å². The van der Waals surface area contributed by atoms with Crippen LogP contribution in [0.25, 0.3) is 0 Å². The molecule has 0 saturated carbocycles. The maximum atomic E-state index is 12.2. The average molecular weight is 253 g/mol. The smallest absolute Gasteiger partial charge is 0.262 e. The second kappa shape index (κ2) is 4.24. The number of fused-ring (bicyclic) bond motifs is 1. The van der Waals surface area contributed by atoms with Gasteiger partial charge in [0.15, 0.2) is 0 Å². The van der Waals surface area contributed by atoms with Gasteiger partial charge in [-0.1, -0.05) is 30.3 Å². The molecule has 1 aliphatic heterocycles. The summed E-state index contributed by atoms with van der Waals surface area (Å²) in [6, 6.07) is 13.6. The monoisotopic (exact) mass is 253 g/mol. The molecule has 1 N–H and O–H groups in total. The van der Waals surface area contributed by atoms with Crippen molar-refractivity contribution in [3.05, 3.63) is 65.2 Å². The molecule has 0 aromatic heterocycles. The number of carbonyl (C=O) groups is 2. The molecule has 4 nitrogen and oxygen atoms in total. The van der Waals surface area contributed by atoms with E-state index < -0.39 is 0 Å². The molecule has 0 bridgehead atoms. The summed E-state index contributed by atoms with van der Waals surface area (Å²) in [4.78, 5) is 25.5. The third-order valence-electron chi connectivity index (χ3n) is 3.14. The number of imide groups is 1. The maximum absolute atomic E-state index is 12.2. The lowest BCUT2D eigenvalue weighted by molar-refractivity contribution is 0.0642. The number of phenolic OH excluding ortho intramolecular Hbond substituents is 1. The fourth-order valence-corrected chi connectivity index (χ4v) is 2.19. The van der Waals surface area contributed by atoms with Crippen molar-refractivity contribution in [2.45, 2.75) is 6.54 Å². The molecule has 2 aromatic rings. The molecule has 1 aliphatic rings. The first-order valence-corrected chi connectivity index (χ1v) is 5.90. The first-order chi connectivity index (χ1) is 9.16. The highest BCUT2D eigenvalue weighted by atomic mass is 16.3. The van der Waals surface area contributed by atoms with Crippen LogP contribution in [0.4, 0.5) is 0 Å². The average Bonchev–Trinajstić information content (AvgIpc) is 2.65. The number of rotatable bonds is 2. The summed E-state index contributed by atoms with van der Waals surface area (Å²) in [7, 11) is 0. The molecule has 4 heteroatoms. The molecule has 0 spiro atoms. The Hall–Kier alpha value is -2.62. The van der Waals surface area contributed by atoms with E-state index in [9.17, 15) is 14.7 Å². The highest BCUT2D eigenvalue weighted by Gasteiger charge is 2.35. The Morgan fingerprint density at radius 2 is 1.58 bits per heavy atom. The summed E-state index contributed by atoms with van der Waals surface area (Å²) in [6.45, 7) is 0.244. The van der Waals surface area contributed by atoms with Crippen molar-refractivity contribution >= 4 is 11.8 Å². The Labute approximate surface area is 109 Å². The molecule has 1 heterocycles. The molecule has 0 saturated heterocycles. The molecule has 0 aliphatic carbocycles. The van der Waals surface area contributed by atoms with Gasteiger partial charge in [0, 0.05) is 0 Å². The van der Waals surface area contributed by atoms with E-state index in [-0.39, 0.29) is 29.7 Å². The number of aromatic hydroxyl groups is 1. The van der Waals surface area contributed by atoms with Crippen molar-refractivity contribution in [2.24, 2.45) is 0 Å². The molecule has 94 valence electrons. The van der Waals surface area contributed by atoms with E-state index in [0.717, 1.165) is 5.56 Å². The van der Waals surface area contributed by atoms with Crippen LogP contribution in [0, 0.1) is 0 Å². The van der Waals surface area contributed by atoms with E-state index >= 15 is 0 Å². The summed E-state index contributed by atoms with van der Waals surface area (Å²) >= 11 is 0. The normalized spacial score (nSPS) is 13.8. The number of benzene rings is 2.